The van der Waals surface area contributed by atoms with E-state index in [1.54, 1.807) is 0 Å². The first-order valence-electron chi connectivity index (χ1n) is 9.14. The molecule has 1 saturated heterocycles. The van der Waals surface area contributed by atoms with Crippen LogP contribution in [0.25, 0.3) is 0 Å². The zero-order chi connectivity index (χ0) is 16.6. The largest absolute Gasteiger partial charge is 0.457 e. The quantitative estimate of drug-likeness (QED) is 0.804. The van der Waals surface area contributed by atoms with E-state index in [1.807, 2.05) is 36.4 Å². The fraction of sp³-hybridized carbons (Fsp3) is 0.429. The fourth-order valence-electron chi connectivity index (χ4n) is 3.36. The van der Waals surface area contributed by atoms with E-state index in [9.17, 15) is 0 Å². The van der Waals surface area contributed by atoms with Gasteiger partial charge in [0.2, 0.25) is 0 Å². The minimum atomic E-state index is 0.492. The molecule has 3 rings (SSSR count). The summed E-state index contributed by atoms with van der Waals surface area (Å²) in [6.07, 6.45) is 3.71. The predicted octanol–water partition coefficient (Wildman–Crippen LogP) is 4.62. The summed E-state index contributed by atoms with van der Waals surface area (Å²) in [7, 11) is 0. The second kappa shape index (κ2) is 8.86. The van der Waals surface area contributed by atoms with E-state index in [1.165, 1.54) is 24.8 Å². The highest BCUT2D eigenvalue weighted by molar-refractivity contribution is 5.35. The van der Waals surface area contributed by atoms with Crippen molar-refractivity contribution < 1.29 is 4.74 Å². The van der Waals surface area contributed by atoms with Gasteiger partial charge in [-0.05, 0) is 36.2 Å². The number of nitrogens with zero attached hydrogens (tertiary/aromatic N) is 1. The normalized spacial score (nSPS) is 16.7. The summed E-state index contributed by atoms with van der Waals surface area (Å²) < 4.78 is 6.03. The number of piperazine rings is 1. The zero-order valence-electron chi connectivity index (χ0n) is 14.6. The highest BCUT2D eigenvalue weighted by Gasteiger charge is 2.22. The lowest BCUT2D eigenvalue weighted by Gasteiger charge is -2.35. The maximum atomic E-state index is 6.03. The lowest BCUT2D eigenvalue weighted by Crippen LogP contribution is -2.45. The van der Waals surface area contributed by atoms with Crippen molar-refractivity contribution >= 4 is 0 Å². The van der Waals surface area contributed by atoms with Crippen molar-refractivity contribution in [1.82, 2.24) is 10.2 Å². The molecule has 0 bridgehead atoms. The first-order valence-corrected chi connectivity index (χ1v) is 9.14. The molecule has 1 aliphatic rings. The monoisotopic (exact) mass is 324 g/mol. The third-order valence-electron chi connectivity index (χ3n) is 4.65. The van der Waals surface area contributed by atoms with Gasteiger partial charge in [0.25, 0.3) is 0 Å². The van der Waals surface area contributed by atoms with Crippen LogP contribution in [-0.2, 0) is 0 Å². The fourth-order valence-corrected chi connectivity index (χ4v) is 3.36. The number of para-hydroxylation sites is 1. The maximum absolute atomic E-state index is 6.03. The van der Waals surface area contributed by atoms with Gasteiger partial charge in [-0.15, -0.1) is 0 Å². The van der Waals surface area contributed by atoms with Crippen molar-refractivity contribution in [3.05, 3.63) is 60.2 Å². The van der Waals surface area contributed by atoms with Crippen LogP contribution >= 0.6 is 0 Å². The number of hydrogen-bond donors (Lipinski definition) is 1. The zero-order valence-corrected chi connectivity index (χ0v) is 14.6. The first kappa shape index (κ1) is 17.0. The highest BCUT2D eigenvalue weighted by atomic mass is 16.5. The summed E-state index contributed by atoms with van der Waals surface area (Å²) in [4.78, 5) is 2.62. The lowest BCUT2D eigenvalue weighted by atomic mass is 9.98. The Kier molecular flexibility index (Phi) is 6.27. The number of rotatable bonds is 7. The molecule has 0 saturated carbocycles. The summed E-state index contributed by atoms with van der Waals surface area (Å²) >= 11 is 0. The van der Waals surface area contributed by atoms with E-state index in [0.29, 0.717) is 6.04 Å². The van der Waals surface area contributed by atoms with E-state index in [0.717, 1.165) is 37.7 Å². The number of nitrogens with one attached hydrogen (secondary N) is 1. The molecule has 0 amide bonds. The van der Waals surface area contributed by atoms with E-state index in [2.05, 4.69) is 35.3 Å². The smallest absolute Gasteiger partial charge is 0.127 e. The predicted molar refractivity (Wildman–Crippen MR) is 99.7 cm³/mol. The van der Waals surface area contributed by atoms with Gasteiger partial charge in [-0.3, -0.25) is 4.90 Å². The molecule has 0 spiro atoms. The Hall–Kier alpha value is -1.84. The van der Waals surface area contributed by atoms with Gasteiger partial charge in [-0.25, -0.2) is 0 Å². The molecule has 1 unspecified atom stereocenters. The van der Waals surface area contributed by atoms with Crippen LogP contribution in [0.4, 0.5) is 0 Å². The van der Waals surface area contributed by atoms with Crippen LogP contribution in [0.5, 0.6) is 11.5 Å². The molecule has 0 radical (unpaired) electrons. The standard InChI is InChI=1S/C21H28N2O/c1-2-3-12-21(23-15-13-22-14-16-23)18-8-7-11-20(17-18)24-19-9-5-4-6-10-19/h4-11,17,21-22H,2-3,12-16H2,1H3. The Bertz CT molecular complexity index is 608. The van der Waals surface area contributed by atoms with Gasteiger partial charge in [0.05, 0.1) is 0 Å². The Balaban J connectivity index is 1.77. The topological polar surface area (TPSA) is 24.5 Å². The van der Waals surface area contributed by atoms with Crippen LogP contribution in [0.15, 0.2) is 54.6 Å². The number of benzene rings is 2. The summed E-state index contributed by atoms with van der Waals surface area (Å²) in [6, 6.07) is 19.1. The van der Waals surface area contributed by atoms with Gasteiger partial charge in [0, 0.05) is 32.2 Å². The molecule has 0 aromatic heterocycles. The summed E-state index contributed by atoms with van der Waals surface area (Å²) in [5, 5.41) is 3.45. The molecular weight excluding hydrogens is 296 g/mol. The van der Waals surface area contributed by atoms with Crippen LogP contribution < -0.4 is 10.1 Å². The molecule has 3 heteroatoms. The van der Waals surface area contributed by atoms with E-state index < -0.39 is 0 Å². The minimum Gasteiger partial charge on any atom is -0.457 e. The van der Waals surface area contributed by atoms with E-state index in [-0.39, 0.29) is 0 Å². The minimum absolute atomic E-state index is 0.492. The Morgan fingerprint density at radius 2 is 1.75 bits per heavy atom. The molecular formula is C21H28N2O. The summed E-state index contributed by atoms with van der Waals surface area (Å²) in [6.45, 7) is 6.69. The van der Waals surface area contributed by atoms with Gasteiger partial charge >= 0.3 is 0 Å². The van der Waals surface area contributed by atoms with Gasteiger partial charge in [-0.1, -0.05) is 50.1 Å². The molecule has 1 fully saturated rings. The van der Waals surface area contributed by atoms with Crippen molar-refractivity contribution in [2.75, 3.05) is 26.2 Å². The van der Waals surface area contributed by atoms with Crippen molar-refractivity contribution in [1.29, 1.82) is 0 Å². The van der Waals surface area contributed by atoms with Gasteiger partial charge in [0.15, 0.2) is 0 Å². The number of hydrogen-bond acceptors (Lipinski definition) is 3. The van der Waals surface area contributed by atoms with E-state index in [4.69, 9.17) is 4.74 Å². The Labute approximate surface area is 145 Å². The number of ether oxygens (including phenoxy) is 1. The maximum Gasteiger partial charge on any atom is 0.127 e. The molecule has 1 N–H and O–H groups in total. The van der Waals surface area contributed by atoms with Crippen LogP contribution in [0.3, 0.4) is 0 Å². The molecule has 2 aromatic carbocycles. The van der Waals surface area contributed by atoms with Gasteiger partial charge in [-0.2, -0.15) is 0 Å². The first-order chi connectivity index (χ1) is 11.9. The van der Waals surface area contributed by atoms with Crippen molar-refractivity contribution in [2.45, 2.75) is 32.2 Å². The van der Waals surface area contributed by atoms with Crippen molar-refractivity contribution in [2.24, 2.45) is 0 Å². The molecule has 2 aromatic rings. The average molecular weight is 324 g/mol. The van der Waals surface area contributed by atoms with Crippen molar-refractivity contribution in [3.63, 3.8) is 0 Å². The summed E-state index contributed by atoms with van der Waals surface area (Å²) in [5.74, 6) is 1.82. The third kappa shape index (κ3) is 4.59. The highest BCUT2D eigenvalue weighted by Crippen LogP contribution is 2.30. The second-order valence-electron chi connectivity index (χ2n) is 6.43. The average Bonchev–Trinajstić information content (AvgIpc) is 2.64. The van der Waals surface area contributed by atoms with Crippen LogP contribution in [-0.4, -0.2) is 31.1 Å². The summed E-state index contributed by atoms with van der Waals surface area (Å²) in [5.41, 5.74) is 1.37. The second-order valence-corrected chi connectivity index (χ2v) is 6.43. The lowest BCUT2D eigenvalue weighted by molar-refractivity contribution is 0.163. The molecule has 1 aliphatic heterocycles. The van der Waals surface area contributed by atoms with Crippen LogP contribution in [0.2, 0.25) is 0 Å². The molecule has 0 aliphatic carbocycles. The van der Waals surface area contributed by atoms with E-state index >= 15 is 0 Å². The SMILES string of the molecule is CCCCC(c1cccc(Oc2ccccc2)c1)N1CCNCC1. The molecule has 24 heavy (non-hydrogen) atoms. The van der Waals surface area contributed by atoms with Crippen LogP contribution in [0, 0.1) is 0 Å². The van der Waals surface area contributed by atoms with Crippen molar-refractivity contribution in [3.8, 4) is 11.5 Å². The van der Waals surface area contributed by atoms with Gasteiger partial charge in [0.1, 0.15) is 11.5 Å². The molecule has 128 valence electrons. The molecule has 1 heterocycles. The molecule has 3 nitrogen and oxygen atoms in total. The number of unbranched alkanes of at least 4 members (excludes halogenated alkanes) is 1. The Morgan fingerprint density at radius 1 is 1.00 bits per heavy atom. The third-order valence-corrected chi connectivity index (χ3v) is 4.65. The van der Waals surface area contributed by atoms with Crippen LogP contribution in [0.1, 0.15) is 37.8 Å². The van der Waals surface area contributed by atoms with Gasteiger partial charge < -0.3 is 10.1 Å². The molecule has 1 atom stereocenters. The Morgan fingerprint density at radius 3 is 2.50 bits per heavy atom.